The van der Waals surface area contributed by atoms with Crippen molar-refractivity contribution in [3.63, 3.8) is 0 Å². The Bertz CT molecular complexity index is 850. The SMILES string of the molecule is Cc1cc(C)c(C(=O)OCC(=O)NNC(=O)c2ccccc2F)c(Cl)n1. The molecular formula is C17H15ClFN3O4. The van der Waals surface area contributed by atoms with E-state index in [1.807, 2.05) is 10.9 Å². The number of hydrazine groups is 1. The minimum Gasteiger partial charge on any atom is -0.452 e. The number of nitrogens with one attached hydrogen (secondary N) is 2. The fraction of sp³-hybridized carbons (Fsp3) is 0.176. The summed E-state index contributed by atoms with van der Waals surface area (Å²) in [5.41, 5.74) is 5.06. The van der Waals surface area contributed by atoms with E-state index in [4.69, 9.17) is 16.3 Å². The molecule has 1 aromatic heterocycles. The van der Waals surface area contributed by atoms with Crippen molar-refractivity contribution in [2.45, 2.75) is 13.8 Å². The van der Waals surface area contributed by atoms with Gasteiger partial charge in [0.2, 0.25) is 0 Å². The van der Waals surface area contributed by atoms with Crippen LogP contribution in [0.4, 0.5) is 4.39 Å². The molecule has 7 nitrogen and oxygen atoms in total. The van der Waals surface area contributed by atoms with E-state index in [-0.39, 0.29) is 16.3 Å². The Balaban J connectivity index is 1.88. The summed E-state index contributed by atoms with van der Waals surface area (Å²) < 4.78 is 18.3. The molecule has 0 saturated carbocycles. The van der Waals surface area contributed by atoms with Gasteiger partial charge in [-0.2, -0.15) is 0 Å². The van der Waals surface area contributed by atoms with Crippen LogP contribution in [0.3, 0.4) is 0 Å². The first kappa shape index (κ1) is 19.3. The van der Waals surface area contributed by atoms with E-state index in [1.54, 1.807) is 19.9 Å². The second-order valence-electron chi connectivity index (χ2n) is 5.30. The third-order valence-corrected chi connectivity index (χ3v) is 3.55. The number of hydrogen-bond donors (Lipinski definition) is 2. The van der Waals surface area contributed by atoms with Crippen LogP contribution in [0.25, 0.3) is 0 Å². The van der Waals surface area contributed by atoms with Crippen molar-refractivity contribution < 1.29 is 23.5 Å². The van der Waals surface area contributed by atoms with Crippen molar-refractivity contribution in [3.05, 3.63) is 63.7 Å². The highest BCUT2D eigenvalue weighted by atomic mass is 35.5. The summed E-state index contributed by atoms with van der Waals surface area (Å²) in [4.78, 5) is 39.4. The second kappa shape index (κ2) is 8.39. The van der Waals surface area contributed by atoms with Gasteiger partial charge in [-0.05, 0) is 37.6 Å². The number of nitrogens with zero attached hydrogens (tertiary/aromatic N) is 1. The molecule has 0 aliphatic carbocycles. The number of pyridine rings is 1. The molecule has 9 heteroatoms. The van der Waals surface area contributed by atoms with Gasteiger partial charge in [-0.15, -0.1) is 0 Å². The number of halogens is 2. The smallest absolute Gasteiger partial charge is 0.342 e. The summed E-state index contributed by atoms with van der Waals surface area (Å²) >= 11 is 5.93. The minimum atomic E-state index is -0.843. The monoisotopic (exact) mass is 379 g/mol. The van der Waals surface area contributed by atoms with Crippen LogP contribution in [0.5, 0.6) is 0 Å². The predicted octanol–water partition coefficient (Wildman–Crippen LogP) is 2.11. The van der Waals surface area contributed by atoms with E-state index < -0.39 is 30.2 Å². The Morgan fingerprint density at radius 1 is 1.19 bits per heavy atom. The number of carbonyl (C=O) groups excluding carboxylic acids is 3. The summed E-state index contributed by atoms with van der Waals surface area (Å²) in [6.07, 6.45) is 0. The predicted molar refractivity (Wildman–Crippen MR) is 91.0 cm³/mol. The second-order valence-corrected chi connectivity index (χ2v) is 5.66. The van der Waals surface area contributed by atoms with Gasteiger partial charge in [0.15, 0.2) is 6.61 Å². The van der Waals surface area contributed by atoms with Crippen molar-refractivity contribution in [2.24, 2.45) is 0 Å². The van der Waals surface area contributed by atoms with Gasteiger partial charge in [-0.3, -0.25) is 20.4 Å². The van der Waals surface area contributed by atoms with Crippen LogP contribution in [0.1, 0.15) is 32.0 Å². The van der Waals surface area contributed by atoms with Crippen molar-refractivity contribution in [1.82, 2.24) is 15.8 Å². The topological polar surface area (TPSA) is 97.4 Å². The molecule has 2 aromatic rings. The normalized spacial score (nSPS) is 10.2. The average molecular weight is 380 g/mol. The number of amides is 2. The van der Waals surface area contributed by atoms with Gasteiger partial charge in [0, 0.05) is 5.69 Å². The van der Waals surface area contributed by atoms with Crippen LogP contribution in [0, 0.1) is 19.7 Å². The van der Waals surface area contributed by atoms with Crippen LogP contribution in [0.2, 0.25) is 5.15 Å². The van der Waals surface area contributed by atoms with Gasteiger partial charge in [0.05, 0.1) is 11.1 Å². The van der Waals surface area contributed by atoms with Gasteiger partial charge in [0.25, 0.3) is 11.8 Å². The first-order chi connectivity index (χ1) is 12.3. The zero-order chi connectivity index (χ0) is 19.3. The van der Waals surface area contributed by atoms with Crippen molar-refractivity contribution in [3.8, 4) is 0 Å². The summed E-state index contributed by atoms with van der Waals surface area (Å²) in [6, 6.07) is 6.92. The van der Waals surface area contributed by atoms with E-state index >= 15 is 0 Å². The lowest BCUT2D eigenvalue weighted by Gasteiger charge is -2.10. The summed E-state index contributed by atoms with van der Waals surface area (Å²) in [5, 5.41) is -0.0271. The molecule has 1 aromatic carbocycles. The van der Waals surface area contributed by atoms with Gasteiger partial charge >= 0.3 is 5.97 Å². The van der Waals surface area contributed by atoms with E-state index in [0.717, 1.165) is 6.07 Å². The highest BCUT2D eigenvalue weighted by Gasteiger charge is 2.18. The average Bonchev–Trinajstić information content (AvgIpc) is 2.57. The van der Waals surface area contributed by atoms with Crippen LogP contribution < -0.4 is 10.9 Å². The molecule has 0 saturated heterocycles. The largest absolute Gasteiger partial charge is 0.452 e. The first-order valence-electron chi connectivity index (χ1n) is 7.44. The molecule has 1 heterocycles. The number of aromatic nitrogens is 1. The molecule has 26 heavy (non-hydrogen) atoms. The third-order valence-electron chi connectivity index (χ3n) is 3.27. The van der Waals surface area contributed by atoms with Crippen molar-refractivity contribution in [2.75, 3.05) is 6.61 Å². The Kier molecular flexibility index (Phi) is 6.24. The molecule has 0 radical (unpaired) electrons. The summed E-state index contributed by atoms with van der Waals surface area (Å²) in [5.74, 6) is -3.21. The van der Waals surface area contributed by atoms with Crippen molar-refractivity contribution in [1.29, 1.82) is 0 Å². The molecule has 2 N–H and O–H groups in total. The zero-order valence-electron chi connectivity index (χ0n) is 13.9. The van der Waals surface area contributed by atoms with Gasteiger partial charge in [0.1, 0.15) is 11.0 Å². The Morgan fingerprint density at radius 2 is 1.88 bits per heavy atom. The zero-order valence-corrected chi connectivity index (χ0v) is 14.7. The molecule has 2 amide bonds. The van der Waals surface area contributed by atoms with E-state index in [2.05, 4.69) is 4.98 Å². The number of benzene rings is 1. The van der Waals surface area contributed by atoms with E-state index in [9.17, 15) is 18.8 Å². The first-order valence-corrected chi connectivity index (χ1v) is 7.82. The quantitative estimate of drug-likeness (QED) is 0.481. The minimum absolute atomic E-state index is 0.0271. The number of esters is 1. The highest BCUT2D eigenvalue weighted by molar-refractivity contribution is 6.32. The Hall–Kier alpha value is -3.00. The van der Waals surface area contributed by atoms with Crippen LogP contribution in [0.15, 0.2) is 30.3 Å². The standard InChI is InChI=1S/C17H15ClFN3O4/c1-9-7-10(2)20-15(18)14(9)17(25)26-8-13(23)21-22-16(24)11-5-3-4-6-12(11)19/h3-7H,8H2,1-2H3,(H,21,23)(H,22,24). The number of carbonyl (C=O) groups is 3. The maximum Gasteiger partial charge on any atom is 0.342 e. The number of aryl methyl sites for hydroxylation is 2. The highest BCUT2D eigenvalue weighted by Crippen LogP contribution is 2.19. The number of rotatable bonds is 4. The Morgan fingerprint density at radius 3 is 2.54 bits per heavy atom. The third kappa shape index (κ3) is 4.76. The molecule has 0 fully saturated rings. The lowest BCUT2D eigenvalue weighted by molar-refractivity contribution is -0.125. The van der Waals surface area contributed by atoms with Crippen LogP contribution >= 0.6 is 11.6 Å². The van der Waals surface area contributed by atoms with Crippen molar-refractivity contribution >= 4 is 29.4 Å². The molecule has 136 valence electrons. The lowest BCUT2D eigenvalue weighted by atomic mass is 10.1. The molecule has 0 aliphatic rings. The Labute approximate surface area is 153 Å². The van der Waals surface area contributed by atoms with E-state index in [1.165, 1.54) is 18.2 Å². The summed E-state index contributed by atoms with van der Waals surface area (Å²) in [7, 11) is 0. The number of hydrogen-bond acceptors (Lipinski definition) is 5. The molecular weight excluding hydrogens is 365 g/mol. The maximum atomic E-state index is 13.4. The molecule has 0 bridgehead atoms. The fourth-order valence-corrected chi connectivity index (χ4v) is 2.47. The van der Waals surface area contributed by atoms with Gasteiger partial charge < -0.3 is 4.74 Å². The number of ether oxygens (including phenoxy) is 1. The van der Waals surface area contributed by atoms with Gasteiger partial charge in [-0.1, -0.05) is 23.7 Å². The molecule has 0 atom stereocenters. The van der Waals surface area contributed by atoms with Crippen LogP contribution in [-0.4, -0.2) is 29.4 Å². The van der Waals surface area contributed by atoms with E-state index in [0.29, 0.717) is 11.3 Å². The summed E-state index contributed by atoms with van der Waals surface area (Å²) in [6.45, 7) is 2.71. The molecule has 0 aliphatic heterocycles. The molecule has 0 unspecified atom stereocenters. The van der Waals surface area contributed by atoms with Crippen LogP contribution in [-0.2, 0) is 9.53 Å². The lowest BCUT2D eigenvalue weighted by Crippen LogP contribution is -2.43. The maximum absolute atomic E-state index is 13.4. The van der Waals surface area contributed by atoms with Gasteiger partial charge in [-0.25, -0.2) is 14.2 Å². The molecule has 2 rings (SSSR count). The molecule has 0 spiro atoms. The fourth-order valence-electron chi connectivity index (χ4n) is 2.11.